The third-order valence-electron chi connectivity index (χ3n) is 6.75. The van der Waals surface area contributed by atoms with E-state index in [-0.39, 0.29) is 17.6 Å². The first-order valence-electron chi connectivity index (χ1n) is 11.8. The Morgan fingerprint density at radius 2 is 1.47 bits per heavy atom. The zero-order valence-electron chi connectivity index (χ0n) is 19.1. The summed E-state index contributed by atoms with van der Waals surface area (Å²) < 4.78 is 27.2. The van der Waals surface area contributed by atoms with Crippen LogP contribution in [0.5, 0.6) is 0 Å². The summed E-state index contributed by atoms with van der Waals surface area (Å²) in [6.45, 7) is 1.62. The molecule has 0 aliphatic carbocycles. The molecule has 0 aromatic heterocycles. The van der Waals surface area contributed by atoms with Gasteiger partial charge in [-0.2, -0.15) is 0 Å². The van der Waals surface area contributed by atoms with Gasteiger partial charge >= 0.3 is 0 Å². The number of anilines is 3. The number of amides is 1. The number of benzene rings is 3. The summed E-state index contributed by atoms with van der Waals surface area (Å²) in [6.07, 6.45) is 2.03. The van der Waals surface area contributed by atoms with Crippen molar-refractivity contribution in [1.29, 1.82) is 0 Å². The molecule has 1 amide bonds. The lowest BCUT2D eigenvalue weighted by molar-refractivity contribution is -0.120. The zero-order valence-corrected chi connectivity index (χ0v) is 19.9. The molecular formula is C27H29N3O3S. The molecule has 2 aliphatic rings. The summed E-state index contributed by atoms with van der Waals surface area (Å²) in [6, 6.07) is 25.5. The highest BCUT2D eigenvalue weighted by Gasteiger charge is 2.32. The van der Waals surface area contributed by atoms with Crippen molar-refractivity contribution in [3.63, 3.8) is 0 Å². The molecule has 2 aliphatic heterocycles. The van der Waals surface area contributed by atoms with Gasteiger partial charge in [0, 0.05) is 31.2 Å². The minimum atomic E-state index is -3.40. The quantitative estimate of drug-likeness (QED) is 0.567. The Morgan fingerprint density at radius 1 is 0.824 bits per heavy atom. The van der Waals surface area contributed by atoms with E-state index < -0.39 is 10.0 Å². The maximum Gasteiger partial charge on any atom is 0.227 e. The van der Waals surface area contributed by atoms with Gasteiger partial charge in [-0.05, 0) is 48.6 Å². The average Bonchev–Trinajstić information content (AvgIpc) is 3.29. The number of hydrogen-bond donors (Lipinski definition) is 1. The first kappa shape index (κ1) is 22.6. The fourth-order valence-corrected chi connectivity index (χ4v) is 6.47. The van der Waals surface area contributed by atoms with E-state index in [1.165, 1.54) is 15.6 Å². The summed E-state index contributed by atoms with van der Waals surface area (Å²) >= 11 is 0. The van der Waals surface area contributed by atoms with Crippen LogP contribution in [0.3, 0.4) is 0 Å². The lowest BCUT2D eigenvalue weighted by atomic mass is 9.97. The average molecular weight is 476 g/mol. The van der Waals surface area contributed by atoms with Crippen LogP contribution >= 0.6 is 0 Å². The van der Waals surface area contributed by atoms with Gasteiger partial charge in [-0.3, -0.25) is 4.79 Å². The van der Waals surface area contributed by atoms with Crippen LogP contribution in [-0.2, 0) is 27.0 Å². The third kappa shape index (κ3) is 4.72. The number of rotatable bonds is 6. The number of piperidine rings is 1. The molecule has 0 bridgehead atoms. The van der Waals surface area contributed by atoms with E-state index >= 15 is 0 Å². The normalized spacial score (nSPS) is 16.9. The molecule has 5 rings (SSSR count). The second-order valence-electron chi connectivity index (χ2n) is 8.95. The molecule has 176 valence electrons. The monoisotopic (exact) mass is 475 g/mol. The summed E-state index contributed by atoms with van der Waals surface area (Å²) in [5, 5.41) is 3.13. The van der Waals surface area contributed by atoms with Gasteiger partial charge < -0.3 is 10.2 Å². The second-order valence-corrected chi connectivity index (χ2v) is 10.9. The summed E-state index contributed by atoms with van der Waals surface area (Å²) in [7, 11) is -3.40. The lowest BCUT2D eigenvalue weighted by Gasteiger charge is -2.31. The van der Waals surface area contributed by atoms with Crippen LogP contribution in [0.1, 0.15) is 24.0 Å². The number of sulfonamides is 1. The van der Waals surface area contributed by atoms with E-state index in [4.69, 9.17) is 0 Å². The van der Waals surface area contributed by atoms with Crippen LogP contribution in [0.25, 0.3) is 0 Å². The molecule has 0 unspecified atom stereocenters. The largest absolute Gasteiger partial charge is 0.339 e. The molecule has 2 heterocycles. The maximum atomic E-state index is 13.1. The van der Waals surface area contributed by atoms with Gasteiger partial charge in [0.2, 0.25) is 15.9 Å². The molecular weight excluding hydrogens is 446 g/mol. The highest BCUT2D eigenvalue weighted by Crippen LogP contribution is 2.38. The van der Waals surface area contributed by atoms with Crippen LogP contribution in [0.15, 0.2) is 78.9 Å². The van der Waals surface area contributed by atoms with Gasteiger partial charge in [-0.25, -0.2) is 12.7 Å². The number of carbonyl (C=O) groups excluding carboxylic acids is 1. The van der Waals surface area contributed by atoms with Gasteiger partial charge in [-0.1, -0.05) is 60.7 Å². The molecule has 0 saturated carbocycles. The van der Waals surface area contributed by atoms with Crippen molar-refractivity contribution in [2.75, 3.05) is 29.9 Å². The lowest BCUT2D eigenvalue weighted by Crippen LogP contribution is -2.42. The molecule has 1 saturated heterocycles. The van der Waals surface area contributed by atoms with Crippen molar-refractivity contribution in [2.24, 2.45) is 5.92 Å². The molecule has 1 N–H and O–H groups in total. The Morgan fingerprint density at radius 3 is 2.24 bits per heavy atom. The zero-order chi connectivity index (χ0) is 23.5. The molecule has 34 heavy (non-hydrogen) atoms. The highest BCUT2D eigenvalue weighted by molar-refractivity contribution is 7.88. The Bertz CT molecular complexity index is 1270. The molecule has 6 nitrogen and oxygen atoms in total. The van der Waals surface area contributed by atoms with Gasteiger partial charge in [0.25, 0.3) is 0 Å². The fraction of sp³-hybridized carbons (Fsp3) is 0.296. The van der Waals surface area contributed by atoms with Crippen LogP contribution in [0, 0.1) is 5.92 Å². The summed E-state index contributed by atoms with van der Waals surface area (Å²) in [5.74, 6) is -0.253. The summed E-state index contributed by atoms with van der Waals surface area (Å²) in [5.41, 5.74) is 5.06. The second kappa shape index (κ2) is 9.60. The summed E-state index contributed by atoms with van der Waals surface area (Å²) in [4.78, 5) is 15.4. The van der Waals surface area contributed by atoms with Gasteiger partial charge in [0.1, 0.15) is 0 Å². The minimum absolute atomic E-state index is 0.00458. The van der Waals surface area contributed by atoms with Crippen molar-refractivity contribution in [1.82, 2.24) is 4.31 Å². The van der Waals surface area contributed by atoms with Gasteiger partial charge in [0.05, 0.1) is 17.1 Å². The standard InChI is InChI=1S/C27H29N3O3S/c31-27(23-14-17-29(18-15-23)34(32,33)20-21-8-2-1-3-9-21)28-24-11-5-7-13-26(24)30-19-16-22-10-4-6-12-25(22)30/h1-13,23H,14-20H2,(H,28,31). The molecule has 3 aromatic carbocycles. The van der Waals surface area contributed by atoms with E-state index in [2.05, 4.69) is 28.4 Å². The number of hydrogen-bond acceptors (Lipinski definition) is 4. The number of para-hydroxylation sites is 3. The van der Waals surface area contributed by atoms with Crippen LogP contribution in [0.4, 0.5) is 17.1 Å². The fourth-order valence-electron chi connectivity index (χ4n) is 4.91. The molecule has 3 aromatic rings. The first-order valence-corrected chi connectivity index (χ1v) is 13.4. The molecule has 1 fully saturated rings. The van der Waals surface area contributed by atoms with Crippen LogP contribution < -0.4 is 10.2 Å². The van der Waals surface area contributed by atoms with Crippen LogP contribution in [-0.4, -0.2) is 38.3 Å². The Labute approximate surface area is 201 Å². The number of fused-ring (bicyclic) bond motifs is 1. The number of nitrogens with one attached hydrogen (secondary N) is 1. The highest BCUT2D eigenvalue weighted by atomic mass is 32.2. The van der Waals surface area contributed by atoms with E-state index in [0.29, 0.717) is 25.9 Å². The Hall–Kier alpha value is -3.16. The van der Waals surface area contributed by atoms with E-state index in [9.17, 15) is 13.2 Å². The molecule has 0 spiro atoms. The van der Waals surface area contributed by atoms with Crippen LogP contribution in [0.2, 0.25) is 0 Å². The first-order chi connectivity index (χ1) is 16.5. The predicted molar refractivity (Wildman–Crippen MR) is 136 cm³/mol. The molecule has 7 heteroatoms. The maximum absolute atomic E-state index is 13.1. The van der Waals surface area contributed by atoms with Crippen molar-refractivity contribution >= 4 is 33.0 Å². The minimum Gasteiger partial charge on any atom is -0.339 e. The topological polar surface area (TPSA) is 69.7 Å². The van der Waals surface area contributed by atoms with Crippen molar-refractivity contribution in [3.05, 3.63) is 90.0 Å². The van der Waals surface area contributed by atoms with Gasteiger partial charge in [0.15, 0.2) is 0 Å². The van der Waals surface area contributed by atoms with E-state index in [1.54, 1.807) is 0 Å². The molecule has 0 radical (unpaired) electrons. The van der Waals surface area contributed by atoms with Crippen molar-refractivity contribution < 1.29 is 13.2 Å². The number of nitrogens with zero attached hydrogens (tertiary/aromatic N) is 2. The molecule has 0 atom stereocenters. The van der Waals surface area contributed by atoms with Gasteiger partial charge in [-0.15, -0.1) is 0 Å². The van der Waals surface area contributed by atoms with E-state index in [1.807, 2.05) is 60.7 Å². The SMILES string of the molecule is O=C(Nc1ccccc1N1CCc2ccccc21)C1CCN(S(=O)(=O)Cc2ccccc2)CC1. The Balaban J connectivity index is 1.23. The number of carbonyl (C=O) groups is 1. The van der Waals surface area contributed by atoms with Crippen molar-refractivity contribution in [3.8, 4) is 0 Å². The van der Waals surface area contributed by atoms with E-state index in [0.717, 1.165) is 29.9 Å². The van der Waals surface area contributed by atoms with Crippen molar-refractivity contribution in [2.45, 2.75) is 25.0 Å². The smallest absolute Gasteiger partial charge is 0.227 e. The third-order valence-corrected chi connectivity index (χ3v) is 8.60. The predicted octanol–water partition coefficient (Wildman–Crippen LogP) is 4.56. The Kier molecular flexibility index (Phi) is 6.39.